The van der Waals surface area contributed by atoms with Crippen molar-refractivity contribution in [3.63, 3.8) is 0 Å². The lowest BCUT2D eigenvalue weighted by Gasteiger charge is -2.25. The molecule has 13 nitrogen and oxygen atoms in total. The molecule has 0 aliphatic carbocycles. The van der Waals surface area contributed by atoms with E-state index in [-0.39, 0.29) is 36.9 Å². The van der Waals surface area contributed by atoms with Crippen molar-refractivity contribution in [2.24, 2.45) is 28.1 Å². The van der Waals surface area contributed by atoms with Crippen molar-refractivity contribution < 1.29 is 24.3 Å². The monoisotopic (exact) mass is 576 g/mol. The fourth-order valence-electron chi connectivity index (χ4n) is 4.09. The zero-order valence-corrected chi connectivity index (χ0v) is 23.6. The standard InChI is InChI=1S/C26H40N8O5S/c1-14(2)10-20(25(38)39)33-24(37)21(13-40)34-23(36)19(11-15-12-31-18-8-4-3-6-16(15)18)32-22(35)17(27)7-5-9-30-26(28)29/h3-4,6,8,12,14,17,19-21,31,40H,5,7,9-11,13,27H2,1-2H3,(H,32,35)(H,33,37)(H,34,36)(H,38,39)(H4,28,29,30). The number of thiol groups is 1. The first kappa shape index (κ1) is 32.4. The van der Waals surface area contributed by atoms with E-state index in [9.17, 15) is 24.3 Å². The molecule has 2 rings (SSSR count). The molecule has 1 heterocycles. The number of carboxylic acid groups (broad SMARTS) is 1. The molecular formula is C26H40N8O5S. The van der Waals surface area contributed by atoms with Crippen molar-refractivity contribution in [1.82, 2.24) is 20.9 Å². The molecule has 0 saturated carbocycles. The van der Waals surface area contributed by atoms with Crippen molar-refractivity contribution in [2.45, 2.75) is 63.7 Å². The SMILES string of the molecule is CC(C)CC(NC(=O)C(CS)NC(=O)C(Cc1c[nH]c2ccccc12)NC(=O)C(N)CCCN=C(N)N)C(=O)O. The first-order valence-corrected chi connectivity index (χ1v) is 13.7. The van der Waals surface area contributed by atoms with Gasteiger partial charge in [0, 0.05) is 35.8 Å². The fraction of sp³-hybridized carbons (Fsp3) is 0.500. The van der Waals surface area contributed by atoms with E-state index in [1.165, 1.54) is 0 Å². The normalized spacial score (nSPS) is 14.1. The van der Waals surface area contributed by atoms with Gasteiger partial charge in [0.2, 0.25) is 17.7 Å². The van der Waals surface area contributed by atoms with E-state index < -0.39 is 47.9 Å². The van der Waals surface area contributed by atoms with E-state index >= 15 is 0 Å². The van der Waals surface area contributed by atoms with Gasteiger partial charge in [-0.2, -0.15) is 12.6 Å². The molecule has 4 unspecified atom stereocenters. The van der Waals surface area contributed by atoms with Crippen LogP contribution in [0.1, 0.15) is 38.7 Å². The first-order valence-electron chi connectivity index (χ1n) is 13.0. The molecule has 0 fully saturated rings. The third kappa shape index (κ3) is 10.1. The molecule has 14 heteroatoms. The molecule has 0 aliphatic rings. The molecule has 2 aromatic rings. The lowest BCUT2D eigenvalue weighted by Crippen LogP contribution is -2.58. The second-order valence-electron chi connectivity index (χ2n) is 9.95. The number of nitrogens with two attached hydrogens (primary N) is 3. The topological polar surface area (TPSA) is 231 Å². The molecule has 0 bridgehead atoms. The molecule has 4 atom stereocenters. The average Bonchev–Trinajstić information content (AvgIpc) is 3.30. The fourth-order valence-corrected chi connectivity index (χ4v) is 4.35. The third-order valence-electron chi connectivity index (χ3n) is 6.17. The lowest BCUT2D eigenvalue weighted by molar-refractivity contribution is -0.142. The number of aromatic nitrogens is 1. The van der Waals surface area contributed by atoms with E-state index in [1.807, 2.05) is 38.1 Å². The van der Waals surface area contributed by atoms with Crippen LogP contribution < -0.4 is 33.2 Å². The van der Waals surface area contributed by atoms with E-state index in [4.69, 9.17) is 17.2 Å². The van der Waals surface area contributed by atoms with Gasteiger partial charge in [-0.3, -0.25) is 19.4 Å². The Morgan fingerprint density at radius 3 is 2.25 bits per heavy atom. The Labute approximate surface area is 238 Å². The molecule has 1 aromatic carbocycles. The number of carbonyl (C=O) groups is 4. The van der Waals surface area contributed by atoms with Crippen molar-refractivity contribution in [3.05, 3.63) is 36.0 Å². The quantitative estimate of drug-likeness (QED) is 0.0551. The second-order valence-corrected chi connectivity index (χ2v) is 10.3. The number of nitrogens with one attached hydrogen (secondary N) is 4. The smallest absolute Gasteiger partial charge is 0.326 e. The van der Waals surface area contributed by atoms with Gasteiger partial charge >= 0.3 is 5.97 Å². The molecule has 40 heavy (non-hydrogen) atoms. The van der Waals surface area contributed by atoms with E-state index in [0.717, 1.165) is 16.5 Å². The number of rotatable bonds is 16. The van der Waals surface area contributed by atoms with Crippen LogP contribution in [0.3, 0.4) is 0 Å². The predicted molar refractivity (Wildman–Crippen MR) is 157 cm³/mol. The van der Waals surface area contributed by atoms with Crippen LogP contribution >= 0.6 is 12.6 Å². The number of amides is 3. The molecule has 0 saturated heterocycles. The highest BCUT2D eigenvalue weighted by atomic mass is 32.1. The van der Waals surface area contributed by atoms with Crippen molar-refractivity contribution in [1.29, 1.82) is 0 Å². The zero-order chi connectivity index (χ0) is 29.8. The maximum absolute atomic E-state index is 13.4. The second kappa shape index (κ2) is 15.7. The third-order valence-corrected chi connectivity index (χ3v) is 6.54. The van der Waals surface area contributed by atoms with Crippen LogP contribution in [-0.4, -0.2) is 76.2 Å². The highest BCUT2D eigenvalue weighted by Gasteiger charge is 2.30. The van der Waals surface area contributed by atoms with Gasteiger partial charge in [-0.25, -0.2) is 4.79 Å². The molecule has 220 valence electrons. The lowest BCUT2D eigenvalue weighted by atomic mass is 10.0. The Morgan fingerprint density at radius 1 is 1.00 bits per heavy atom. The number of aliphatic imine (C=N–C) groups is 1. The van der Waals surface area contributed by atoms with Crippen LogP contribution in [0.4, 0.5) is 0 Å². The number of guanidine groups is 1. The maximum Gasteiger partial charge on any atom is 0.326 e. The highest BCUT2D eigenvalue weighted by molar-refractivity contribution is 7.80. The van der Waals surface area contributed by atoms with Crippen LogP contribution in [0.25, 0.3) is 10.9 Å². The van der Waals surface area contributed by atoms with Gasteiger partial charge in [-0.1, -0.05) is 32.0 Å². The molecule has 0 aliphatic heterocycles. The minimum Gasteiger partial charge on any atom is -0.480 e. The molecule has 3 amide bonds. The molecule has 11 N–H and O–H groups in total. The molecule has 1 aromatic heterocycles. The van der Waals surface area contributed by atoms with Crippen molar-refractivity contribution in [2.75, 3.05) is 12.3 Å². The minimum atomic E-state index is -1.18. The van der Waals surface area contributed by atoms with E-state index in [1.54, 1.807) is 6.20 Å². The van der Waals surface area contributed by atoms with Gasteiger partial charge in [-0.05, 0) is 36.8 Å². The van der Waals surface area contributed by atoms with Gasteiger partial charge in [0.25, 0.3) is 0 Å². The first-order chi connectivity index (χ1) is 18.9. The summed E-state index contributed by atoms with van der Waals surface area (Å²) in [7, 11) is 0. The number of carboxylic acids is 1. The van der Waals surface area contributed by atoms with E-state index in [0.29, 0.717) is 13.0 Å². The summed E-state index contributed by atoms with van der Waals surface area (Å²) in [6.07, 6.45) is 2.80. The number of carbonyl (C=O) groups excluding carboxylic acids is 3. The van der Waals surface area contributed by atoms with Gasteiger partial charge in [0.1, 0.15) is 18.1 Å². The number of hydrogen-bond acceptors (Lipinski definition) is 7. The summed E-state index contributed by atoms with van der Waals surface area (Å²) in [6.45, 7) is 3.97. The molecule has 0 spiro atoms. The number of para-hydroxylation sites is 1. The predicted octanol–water partition coefficient (Wildman–Crippen LogP) is -0.394. The minimum absolute atomic E-state index is 0.0184. The average molecular weight is 577 g/mol. The number of fused-ring (bicyclic) bond motifs is 1. The largest absolute Gasteiger partial charge is 0.480 e. The van der Waals surface area contributed by atoms with Crippen LogP contribution in [0.15, 0.2) is 35.5 Å². The van der Waals surface area contributed by atoms with Crippen LogP contribution in [0.2, 0.25) is 0 Å². The summed E-state index contributed by atoms with van der Waals surface area (Å²) in [4.78, 5) is 57.8. The summed E-state index contributed by atoms with van der Waals surface area (Å²) in [5, 5.41) is 18.1. The highest BCUT2D eigenvalue weighted by Crippen LogP contribution is 2.19. The van der Waals surface area contributed by atoms with Gasteiger partial charge < -0.3 is 43.2 Å². The Hall–Kier alpha value is -3.78. The Morgan fingerprint density at radius 2 is 1.62 bits per heavy atom. The summed E-state index contributed by atoms with van der Waals surface area (Å²) < 4.78 is 0. The number of aliphatic carboxylic acids is 1. The number of H-pyrrole nitrogens is 1. The van der Waals surface area contributed by atoms with Crippen molar-refractivity contribution >= 4 is 53.2 Å². The van der Waals surface area contributed by atoms with Gasteiger partial charge in [0.05, 0.1) is 6.04 Å². The Balaban J connectivity index is 2.19. The van der Waals surface area contributed by atoms with E-state index in [2.05, 4.69) is 38.6 Å². The number of benzene rings is 1. The molecular weight excluding hydrogens is 536 g/mol. The van der Waals surface area contributed by atoms with Crippen LogP contribution in [0.5, 0.6) is 0 Å². The zero-order valence-electron chi connectivity index (χ0n) is 22.7. The summed E-state index contributed by atoms with van der Waals surface area (Å²) in [5.74, 6) is -3.20. The molecule has 0 radical (unpaired) electrons. The summed E-state index contributed by atoms with van der Waals surface area (Å²) in [6, 6.07) is 3.23. The van der Waals surface area contributed by atoms with Gasteiger partial charge in [0.15, 0.2) is 5.96 Å². The Kier molecular flexibility index (Phi) is 12.7. The summed E-state index contributed by atoms with van der Waals surface area (Å²) >= 11 is 4.18. The Bertz CT molecular complexity index is 1200. The number of aromatic amines is 1. The number of hydrogen-bond donors (Lipinski definition) is 9. The maximum atomic E-state index is 13.4. The van der Waals surface area contributed by atoms with Crippen LogP contribution in [-0.2, 0) is 25.6 Å². The number of nitrogens with zero attached hydrogens (tertiary/aromatic N) is 1. The van der Waals surface area contributed by atoms with Crippen molar-refractivity contribution in [3.8, 4) is 0 Å². The van der Waals surface area contributed by atoms with Crippen LogP contribution in [0, 0.1) is 5.92 Å². The van der Waals surface area contributed by atoms with Gasteiger partial charge in [-0.15, -0.1) is 0 Å². The summed E-state index contributed by atoms with van der Waals surface area (Å²) in [5.41, 5.74) is 18.3.